The lowest BCUT2D eigenvalue weighted by atomic mass is 10.0. The van der Waals surface area contributed by atoms with Crippen molar-refractivity contribution in [2.45, 2.75) is 11.5 Å². The Morgan fingerprint density at radius 2 is 1.94 bits per heavy atom. The molecule has 0 heterocycles. The van der Waals surface area contributed by atoms with E-state index in [1.54, 1.807) is 6.08 Å². The van der Waals surface area contributed by atoms with Crippen LogP contribution in [-0.4, -0.2) is 10.2 Å². The average Bonchev–Trinajstić information content (AvgIpc) is 2.29. The lowest BCUT2D eigenvalue weighted by molar-refractivity contribution is 0.181. The van der Waals surface area contributed by atoms with Crippen molar-refractivity contribution in [3.8, 4) is 0 Å². The summed E-state index contributed by atoms with van der Waals surface area (Å²) in [4.78, 5) is 0. The molecule has 1 unspecified atom stereocenters. The standard InChI is InChI=1S/C14H13ClO/c15-14(16)10-8-13(9-11-14)7-6-12-4-2-1-3-5-12/h1-10,16H,11H2. The van der Waals surface area contributed by atoms with Crippen molar-refractivity contribution in [3.05, 3.63) is 65.8 Å². The second-order valence-corrected chi connectivity index (χ2v) is 4.46. The fraction of sp³-hybridized carbons (Fsp3) is 0.143. The van der Waals surface area contributed by atoms with Crippen LogP contribution in [-0.2, 0) is 0 Å². The molecule has 0 aromatic heterocycles. The number of hydrogen-bond donors (Lipinski definition) is 1. The zero-order valence-electron chi connectivity index (χ0n) is 8.81. The largest absolute Gasteiger partial charge is 0.371 e. The minimum Gasteiger partial charge on any atom is -0.371 e. The van der Waals surface area contributed by atoms with Crippen molar-refractivity contribution in [1.82, 2.24) is 0 Å². The first-order valence-corrected chi connectivity index (χ1v) is 5.57. The first kappa shape index (κ1) is 11.2. The van der Waals surface area contributed by atoms with Crippen LogP contribution < -0.4 is 0 Å². The van der Waals surface area contributed by atoms with Gasteiger partial charge in [0.2, 0.25) is 0 Å². The fourth-order valence-electron chi connectivity index (χ4n) is 1.50. The molecule has 1 nitrogen and oxygen atoms in total. The van der Waals surface area contributed by atoms with E-state index in [0.717, 1.165) is 11.1 Å². The van der Waals surface area contributed by atoms with E-state index in [9.17, 15) is 5.11 Å². The highest BCUT2D eigenvalue weighted by molar-refractivity contribution is 6.24. The number of hydrogen-bond acceptors (Lipinski definition) is 1. The molecule has 1 N–H and O–H groups in total. The van der Waals surface area contributed by atoms with Crippen molar-refractivity contribution < 1.29 is 5.11 Å². The van der Waals surface area contributed by atoms with Gasteiger partial charge in [0.15, 0.2) is 5.06 Å². The van der Waals surface area contributed by atoms with E-state index in [1.807, 2.05) is 54.6 Å². The highest BCUT2D eigenvalue weighted by Gasteiger charge is 2.19. The zero-order valence-corrected chi connectivity index (χ0v) is 9.56. The van der Waals surface area contributed by atoms with Crippen LogP contribution in [0.15, 0.2) is 60.2 Å². The predicted octanol–water partition coefficient (Wildman–Crippen LogP) is 3.51. The quantitative estimate of drug-likeness (QED) is 0.774. The summed E-state index contributed by atoms with van der Waals surface area (Å²) < 4.78 is 0. The molecule has 0 fully saturated rings. The SMILES string of the molecule is OC1(Cl)C=CC(C=Cc2ccccc2)=CC1. The maximum Gasteiger partial charge on any atom is 0.161 e. The summed E-state index contributed by atoms with van der Waals surface area (Å²) in [5.74, 6) is 0. The molecule has 1 aliphatic rings. The van der Waals surface area contributed by atoms with Gasteiger partial charge >= 0.3 is 0 Å². The molecule has 0 amide bonds. The summed E-state index contributed by atoms with van der Waals surface area (Å²) in [6, 6.07) is 10.1. The first-order valence-electron chi connectivity index (χ1n) is 5.20. The second kappa shape index (κ2) is 4.69. The van der Waals surface area contributed by atoms with Crippen molar-refractivity contribution in [2.24, 2.45) is 0 Å². The van der Waals surface area contributed by atoms with Gasteiger partial charge < -0.3 is 5.11 Å². The number of halogens is 1. The topological polar surface area (TPSA) is 20.2 Å². The van der Waals surface area contributed by atoms with Crippen LogP contribution in [0, 0.1) is 0 Å². The molecule has 0 saturated carbocycles. The van der Waals surface area contributed by atoms with Gasteiger partial charge in [0, 0.05) is 6.42 Å². The maximum absolute atomic E-state index is 9.49. The molecule has 2 heteroatoms. The van der Waals surface area contributed by atoms with Gasteiger partial charge in [0.1, 0.15) is 0 Å². The summed E-state index contributed by atoms with van der Waals surface area (Å²) in [6.45, 7) is 0. The van der Waals surface area contributed by atoms with Crippen LogP contribution in [0.5, 0.6) is 0 Å². The third-order valence-corrected chi connectivity index (χ3v) is 2.70. The lowest BCUT2D eigenvalue weighted by Gasteiger charge is -2.17. The summed E-state index contributed by atoms with van der Waals surface area (Å²) in [7, 11) is 0. The van der Waals surface area contributed by atoms with Crippen molar-refractivity contribution in [1.29, 1.82) is 0 Å². The van der Waals surface area contributed by atoms with Crippen LogP contribution in [0.2, 0.25) is 0 Å². The number of benzene rings is 1. The van der Waals surface area contributed by atoms with E-state index in [4.69, 9.17) is 11.6 Å². The molecule has 1 aromatic carbocycles. The van der Waals surface area contributed by atoms with Gasteiger partial charge in [-0.2, -0.15) is 0 Å². The van der Waals surface area contributed by atoms with Gasteiger partial charge in [-0.15, -0.1) is 0 Å². The molecule has 0 aliphatic heterocycles. The zero-order chi connectivity index (χ0) is 11.4. The smallest absolute Gasteiger partial charge is 0.161 e. The number of aliphatic hydroxyl groups is 1. The lowest BCUT2D eigenvalue weighted by Crippen LogP contribution is -2.17. The second-order valence-electron chi connectivity index (χ2n) is 3.80. The monoisotopic (exact) mass is 232 g/mol. The highest BCUT2D eigenvalue weighted by Crippen LogP contribution is 2.25. The highest BCUT2D eigenvalue weighted by atomic mass is 35.5. The summed E-state index contributed by atoms with van der Waals surface area (Å²) in [5, 5.41) is 8.28. The summed E-state index contributed by atoms with van der Waals surface area (Å²) in [5.41, 5.74) is 2.22. The molecule has 82 valence electrons. The van der Waals surface area contributed by atoms with Crippen LogP contribution in [0.4, 0.5) is 0 Å². The van der Waals surface area contributed by atoms with E-state index >= 15 is 0 Å². The normalized spacial score (nSPS) is 24.8. The Morgan fingerprint density at radius 1 is 1.19 bits per heavy atom. The average molecular weight is 233 g/mol. The van der Waals surface area contributed by atoms with E-state index in [-0.39, 0.29) is 0 Å². The molecule has 0 spiro atoms. The Morgan fingerprint density at radius 3 is 2.56 bits per heavy atom. The predicted molar refractivity (Wildman–Crippen MR) is 68.1 cm³/mol. The molecule has 2 rings (SSSR count). The Balaban J connectivity index is 2.05. The van der Waals surface area contributed by atoms with Crippen molar-refractivity contribution >= 4 is 17.7 Å². The Hall–Kier alpha value is -1.31. The minimum absolute atomic E-state index is 0.444. The van der Waals surface area contributed by atoms with E-state index in [0.29, 0.717) is 6.42 Å². The molecule has 1 aromatic rings. The van der Waals surface area contributed by atoms with E-state index in [1.165, 1.54) is 0 Å². The first-order chi connectivity index (χ1) is 7.66. The number of alkyl halides is 1. The van der Waals surface area contributed by atoms with Crippen molar-refractivity contribution in [2.75, 3.05) is 0 Å². The molecule has 1 aliphatic carbocycles. The van der Waals surface area contributed by atoms with Crippen LogP contribution >= 0.6 is 11.6 Å². The third kappa shape index (κ3) is 3.09. The Kier molecular flexibility index (Phi) is 3.28. The molecule has 0 bridgehead atoms. The number of allylic oxidation sites excluding steroid dienone is 3. The Bertz CT molecular complexity index is 441. The molecule has 1 atom stereocenters. The van der Waals surface area contributed by atoms with Gasteiger partial charge in [0.05, 0.1) is 0 Å². The van der Waals surface area contributed by atoms with E-state index in [2.05, 4.69) is 0 Å². The van der Waals surface area contributed by atoms with Gasteiger partial charge in [-0.3, -0.25) is 0 Å². The molecular weight excluding hydrogens is 220 g/mol. The molecule has 0 radical (unpaired) electrons. The van der Waals surface area contributed by atoms with Crippen LogP contribution in [0.25, 0.3) is 6.08 Å². The van der Waals surface area contributed by atoms with Gasteiger partial charge in [-0.05, 0) is 17.2 Å². The van der Waals surface area contributed by atoms with Gasteiger partial charge in [-0.1, -0.05) is 66.2 Å². The summed E-state index contributed by atoms with van der Waals surface area (Å²) >= 11 is 5.75. The number of rotatable bonds is 2. The fourth-order valence-corrected chi connectivity index (χ4v) is 1.64. The Labute approximate surface area is 100 Å². The van der Waals surface area contributed by atoms with E-state index < -0.39 is 5.06 Å². The van der Waals surface area contributed by atoms with Gasteiger partial charge in [-0.25, -0.2) is 0 Å². The maximum atomic E-state index is 9.49. The van der Waals surface area contributed by atoms with Crippen LogP contribution in [0.3, 0.4) is 0 Å². The van der Waals surface area contributed by atoms with Crippen molar-refractivity contribution in [3.63, 3.8) is 0 Å². The summed E-state index contributed by atoms with van der Waals surface area (Å²) in [6.07, 6.45) is 9.86. The molecular formula is C14H13ClO. The molecule has 0 saturated heterocycles. The third-order valence-electron chi connectivity index (χ3n) is 2.42. The molecule has 16 heavy (non-hydrogen) atoms. The van der Waals surface area contributed by atoms with Crippen LogP contribution in [0.1, 0.15) is 12.0 Å². The van der Waals surface area contributed by atoms with Gasteiger partial charge in [0.25, 0.3) is 0 Å². The minimum atomic E-state index is -1.20.